The molecule has 1 aliphatic carbocycles. The van der Waals surface area contributed by atoms with Gasteiger partial charge in [0, 0.05) is 55.1 Å². The highest BCUT2D eigenvalue weighted by molar-refractivity contribution is 6.17. The molecule has 0 saturated heterocycles. The number of hydrogen-bond acceptors (Lipinski definition) is 4. The van der Waals surface area contributed by atoms with E-state index in [9.17, 15) is 0 Å². The van der Waals surface area contributed by atoms with Gasteiger partial charge >= 0.3 is 0 Å². The molecule has 0 bridgehead atoms. The molecule has 0 aliphatic heterocycles. The van der Waals surface area contributed by atoms with E-state index in [4.69, 9.17) is 8.83 Å². The van der Waals surface area contributed by atoms with Crippen LogP contribution in [0.25, 0.3) is 88.0 Å². The van der Waals surface area contributed by atoms with Crippen molar-refractivity contribution in [2.45, 2.75) is 19.3 Å². The average molecular weight is 1060 g/mol. The summed E-state index contributed by atoms with van der Waals surface area (Å²) in [7, 11) is 0. The van der Waals surface area contributed by atoms with Gasteiger partial charge in [-0.3, -0.25) is 0 Å². The third kappa shape index (κ3) is 7.53. The molecule has 0 atom stereocenters. The fraction of sp³-hybridized carbons (Fsp3) is 0.0380. The SMILES string of the molecule is Cc1cccc(N(c2ccc3c(c2)C(c2ccccc2)(c2ccccc2)c2cc(N(c4cccc(C)c4)c4cccc5c4oc4c(-c6ccccc6)cccc45)c4ccccc4c2-3)c2cccc3c2oc2c(-c4ccccc4)cccc23)c1. The minimum absolute atomic E-state index is 0.801. The highest BCUT2D eigenvalue weighted by Crippen LogP contribution is 2.61. The lowest BCUT2D eigenvalue weighted by atomic mass is 9.67. The van der Waals surface area contributed by atoms with Crippen LogP contribution in [0.2, 0.25) is 0 Å². The van der Waals surface area contributed by atoms with Gasteiger partial charge in [-0.2, -0.15) is 0 Å². The van der Waals surface area contributed by atoms with E-state index in [0.717, 1.165) is 111 Å². The number of aryl methyl sites for hydroxylation is 2. The Kier molecular flexibility index (Phi) is 11.2. The van der Waals surface area contributed by atoms with Crippen molar-refractivity contribution in [3.8, 4) is 33.4 Å². The van der Waals surface area contributed by atoms with Gasteiger partial charge < -0.3 is 18.6 Å². The molecule has 0 fully saturated rings. The summed E-state index contributed by atoms with van der Waals surface area (Å²) in [5, 5.41) is 6.59. The van der Waals surface area contributed by atoms with Crippen LogP contribution in [0.3, 0.4) is 0 Å². The van der Waals surface area contributed by atoms with Crippen LogP contribution in [0.1, 0.15) is 33.4 Å². The number of hydrogen-bond donors (Lipinski definition) is 0. The van der Waals surface area contributed by atoms with Crippen LogP contribution in [0.15, 0.2) is 300 Å². The highest BCUT2D eigenvalue weighted by atomic mass is 16.3. The van der Waals surface area contributed by atoms with Crippen molar-refractivity contribution in [1.29, 1.82) is 0 Å². The van der Waals surface area contributed by atoms with Crippen LogP contribution in [-0.2, 0) is 5.41 Å². The Morgan fingerprint density at radius 1 is 0.277 bits per heavy atom. The van der Waals surface area contributed by atoms with Crippen LogP contribution in [0.5, 0.6) is 0 Å². The molecule has 13 aromatic carbocycles. The van der Waals surface area contributed by atoms with Crippen LogP contribution in [0, 0.1) is 13.8 Å². The highest BCUT2D eigenvalue weighted by Gasteiger charge is 2.48. The molecule has 4 heteroatoms. The van der Waals surface area contributed by atoms with Gasteiger partial charge in [0.25, 0.3) is 0 Å². The molecule has 15 aromatic rings. The number of nitrogens with zero attached hydrogens (tertiary/aromatic N) is 2. The van der Waals surface area contributed by atoms with Crippen molar-refractivity contribution in [3.05, 3.63) is 325 Å². The van der Waals surface area contributed by atoms with E-state index in [-0.39, 0.29) is 0 Å². The van der Waals surface area contributed by atoms with Crippen LogP contribution >= 0.6 is 0 Å². The molecule has 4 nitrogen and oxygen atoms in total. The second kappa shape index (κ2) is 19.3. The summed E-state index contributed by atoms with van der Waals surface area (Å²) >= 11 is 0. The summed E-state index contributed by atoms with van der Waals surface area (Å²) in [4.78, 5) is 4.86. The molecule has 1 aliphatic rings. The van der Waals surface area contributed by atoms with Gasteiger partial charge in [-0.1, -0.05) is 237 Å². The number of furan rings is 2. The van der Waals surface area contributed by atoms with E-state index >= 15 is 0 Å². The second-order valence-corrected chi connectivity index (χ2v) is 22.0. The second-order valence-electron chi connectivity index (χ2n) is 22.0. The molecule has 0 amide bonds. The first-order valence-electron chi connectivity index (χ1n) is 28.6. The van der Waals surface area contributed by atoms with Crippen LogP contribution < -0.4 is 9.80 Å². The monoisotopic (exact) mass is 1060 g/mol. The van der Waals surface area contributed by atoms with Crippen molar-refractivity contribution in [2.24, 2.45) is 0 Å². The van der Waals surface area contributed by atoms with Gasteiger partial charge in [-0.05, 0) is 129 Å². The normalized spacial score (nSPS) is 12.6. The number of anilines is 6. The summed E-state index contributed by atoms with van der Waals surface area (Å²) in [5.74, 6) is 0. The maximum atomic E-state index is 7.29. The first kappa shape index (κ1) is 48.2. The molecule has 0 radical (unpaired) electrons. The van der Waals surface area contributed by atoms with Crippen molar-refractivity contribution in [2.75, 3.05) is 9.80 Å². The fourth-order valence-electron chi connectivity index (χ4n) is 13.7. The Hall–Kier alpha value is -10.7. The quantitative estimate of drug-likeness (QED) is 0.137. The Labute approximate surface area is 482 Å². The van der Waals surface area contributed by atoms with Gasteiger partial charge in [0.1, 0.15) is 11.2 Å². The Bertz CT molecular complexity index is 4960. The van der Waals surface area contributed by atoms with Gasteiger partial charge in [0.05, 0.1) is 22.5 Å². The standard InChI is InChI=1S/C79H54N2O2/c1-51-23-17-33-57(47-51)80(71-43-21-41-66-64-39-19-37-60(75(64)82-77(66)71)53-25-7-3-8-26-53)59-45-46-68-69(49-59)79(55-29-11-5-12-30-55,56-31-13-6-14-32-56)70-50-73(62-35-15-16-36-63(62)74(68)70)81(58-34-18-24-52(2)48-58)72-44-22-42-67-65-40-20-38-61(76(65)83-78(67)72)54-27-9-4-10-28-54/h3-50H,1-2H3. The lowest BCUT2D eigenvalue weighted by Crippen LogP contribution is -2.29. The molecule has 0 unspecified atom stereocenters. The minimum atomic E-state index is -0.801. The number of rotatable bonds is 10. The molecule has 0 N–H and O–H groups in total. The molecule has 0 spiro atoms. The molecule has 16 rings (SSSR count). The first-order chi connectivity index (χ1) is 41.0. The Morgan fingerprint density at radius 3 is 1.23 bits per heavy atom. The van der Waals surface area contributed by atoms with E-state index in [1.807, 2.05) is 0 Å². The lowest BCUT2D eigenvalue weighted by molar-refractivity contribution is 0.670. The zero-order valence-corrected chi connectivity index (χ0v) is 45.9. The molecule has 2 aromatic heterocycles. The van der Waals surface area contributed by atoms with Gasteiger partial charge in [-0.25, -0.2) is 0 Å². The fourth-order valence-corrected chi connectivity index (χ4v) is 13.7. The molecule has 83 heavy (non-hydrogen) atoms. The zero-order valence-electron chi connectivity index (χ0n) is 45.9. The lowest BCUT2D eigenvalue weighted by Gasteiger charge is -2.36. The predicted octanol–water partition coefficient (Wildman–Crippen LogP) is 21.9. The molecule has 2 heterocycles. The van der Waals surface area contributed by atoms with E-state index in [1.165, 1.54) is 44.3 Å². The van der Waals surface area contributed by atoms with Crippen molar-refractivity contribution < 1.29 is 8.83 Å². The molecule has 0 saturated carbocycles. The summed E-state index contributed by atoms with van der Waals surface area (Å²) in [6.45, 7) is 4.35. The Balaban J connectivity index is 0.981. The predicted molar refractivity (Wildman–Crippen MR) is 346 cm³/mol. The van der Waals surface area contributed by atoms with E-state index in [2.05, 4.69) is 315 Å². The van der Waals surface area contributed by atoms with Crippen LogP contribution in [0.4, 0.5) is 34.1 Å². The van der Waals surface area contributed by atoms with Gasteiger partial charge in [-0.15, -0.1) is 0 Å². The molecular formula is C79H54N2O2. The number of benzene rings is 13. The average Bonchev–Trinajstić information content (AvgIpc) is 1.75. The minimum Gasteiger partial charge on any atom is -0.453 e. The van der Waals surface area contributed by atoms with Gasteiger partial charge in [0.2, 0.25) is 0 Å². The largest absolute Gasteiger partial charge is 0.453 e. The van der Waals surface area contributed by atoms with Crippen LogP contribution in [-0.4, -0.2) is 0 Å². The van der Waals surface area contributed by atoms with E-state index in [1.54, 1.807) is 0 Å². The molecular weight excluding hydrogens is 1010 g/mol. The van der Waals surface area contributed by atoms with E-state index < -0.39 is 5.41 Å². The van der Waals surface area contributed by atoms with Crippen molar-refractivity contribution >= 4 is 88.8 Å². The first-order valence-corrected chi connectivity index (χ1v) is 28.6. The Morgan fingerprint density at radius 2 is 0.699 bits per heavy atom. The maximum Gasteiger partial charge on any atom is 0.159 e. The molecule has 392 valence electrons. The number of para-hydroxylation sites is 4. The maximum absolute atomic E-state index is 7.29. The topological polar surface area (TPSA) is 32.8 Å². The van der Waals surface area contributed by atoms with E-state index in [0.29, 0.717) is 0 Å². The number of fused-ring (bicyclic) bond motifs is 11. The zero-order chi connectivity index (χ0) is 55.2. The third-order valence-corrected chi connectivity index (χ3v) is 17.2. The van der Waals surface area contributed by atoms with Gasteiger partial charge in [0.15, 0.2) is 11.2 Å². The summed E-state index contributed by atoms with van der Waals surface area (Å²) in [6.07, 6.45) is 0. The summed E-state index contributed by atoms with van der Waals surface area (Å²) in [5.41, 5.74) is 22.5. The smallest absolute Gasteiger partial charge is 0.159 e. The summed E-state index contributed by atoms with van der Waals surface area (Å²) in [6, 6.07) is 106. The third-order valence-electron chi connectivity index (χ3n) is 17.2. The van der Waals surface area contributed by atoms with Crippen molar-refractivity contribution in [1.82, 2.24) is 0 Å². The summed E-state index contributed by atoms with van der Waals surface area (Å²) < 4.78 is 14.5. The van der Waals surface area contributed by atoms with Crippen molar-refractivity contribution in [3.63, 3.8) is 0 Å².